The topological polar surface area (TPSA) is 128 Å². The van der Waals surface area contributed by atoms with Gasteiger partial charge in [-0.2, -0.15) is 4.98 Å². The van der Waals surface area contributed by atoms with Gasteiger partial charge in [-0.3, -0.25) is 9.59 Å². The van der Waals surface area contributed by atoms with Crippen LogP contribution in [-0.4, -0.2) is 44.4 Å². The van der Waals surface area contributed by atoms with Gasteiger partial charge in [-0.1, -0.05) is 0 Å². The van der Waals surface area contributed by atoms with Crippen LogP contribution in [0, 0.1) is 0 Å². The number of carbonyl (C=O) groups is 2. The number of thiophene rings is 1. The number of halogens is 1. The summed E-state index contributed by atoms with van der Waals surface area (Å²) in [7, 11) is 0. The minimum Gasteiger partial charge on any atom is -0.461 e. The van der Waals surface area contributed by atoms with Crippen molar-refractivity contribution < 1.29 is 19.1 Å². The van der Waals surface area contributed by atoms with Gasteiger partial charge in [-0.05, 0) is 30.7 Å². The van der Waals surface area contributed by atoms with Crippen molar-refractivity contribution in [3.63, 3.8) is 0 Å². The van der Waals surface area contributed by atoms with Gasteiger partial charge in [0.05, 0.1) is 28.5 Å². The van der Waals surface area contributed by atoms with Crippen LogP contribution in [-0.2, 0) is 16.1 Å². The van der Waals surface area contributed by atoms with Gasteiger partial charge in [0.1, 0.15) is 11.5 Å². The molecule has 10 nitrogen and oxygen atoms in total. The van der Waals surface area contributed by atoms with E-state index in [1.165, 1.54) is 30.7 Å². The SMILES string of the molecule is CC(=O)OCc1cnc(Cl)nc1Oc1cnc2c(ccc3sc4c(c32)NC[C@@H](C)NC4=O)n1. The molecule has 1 aliphatic rings. The van der Waals surface area contributed by atoms with Crippen molar-refractivity contribution in [1.29, 1.82) is 0 Å². The molecule has 0 aliphatic carbocycles. The molecule has 1 amide bonds. The fourth-order valence-corrected chi connectivity index (χ4v) is 4.67. The molecule has 0 spiro atoms. The van der Waals surface area contributed by atoms with Gasteiger partial charge >= 0.3 is 5.97 Å². The van der Waals surface area contributed by atoms with Gasteiger partial charge in [0.15, 0.2) is 0 Å². The van der Waals surface area contributed by atoms with Crippen molar-refractivity contribution in [2.24, 2.45) is 0 Å². The van der Waals surface area contributed by atoms with Crippen LogP contribution in [0.15, 0.2) is 24.5 Å². The normalized spacial score (nSPS) is 15.5. The number of fused-ring (bicyclic) bond motifs is 5. The maximum atomic E-state index is 12.6. The van der Waals surface area contributed by atoms with Gasteiger partial charge in [-0.25, -0.2) is 15.0 Å². The Morgan fingerprint density at radius 2 is 2.12 bits per heavy atom. The van der Waals surface area contributed by atoms with Gasteiger partial charge in [0, 0.05) is 35.8 Å². The summed E-state index contributed by atoms with van der Waals surface area (Å²) in [5, 5.41) is 7.16. The number of esters is 1. The molecule has 168 valence electrons. The van der Waals surface area contributed by atoms with Gasteiger partial charge in [0.2, 0.25) is 17.0 Å². The van der Waals surface area contributed by atoms with E-state index in [4.69, 9.17) is 21.1 Å². The fourth-order valence-electron chi connectivity index (χ4n) is 3.46. The smallest absolute Gasteiger partial charge is 0.302 e. The summed E-state index contributed by atoms with van der Waals surface area (Å²) in [6.07, 6.45) is 2.89. The molecule has 0 unspecified atom stereocenters. The third kappa shape index (κ3) is 4.12. The molecule has 0 saturated heterocycles. The van der Waals surface area contributed by atoms with Crippen LogP contribution in [0.1, 0.15) is 29.1 Å². The summed E-state index contributed by atoms with van der Waals surface area (Å²) in [6, 6.07) is 3.73. The fraction of sp³-hybridized carbons (Fsp3) is 0.238. The molecule has 0 bridgehead atoms. The number of anilines is 1. The molecule has 33 heavy (non-hydrogen) atoms. The molecule has 5 rings (SSSR count). The largest absolute Gasteiger partial charge is 0.461 e. The minimum absolute atomic E-state index is 0.00840. The summed E-state index contributed by atoms with van der Waals surface area (Å²) >= 11 is 7.32. The number of hydrogen-bond acceptors (Lipinski definition) is 10. The molecule has 0 fully saturated rings. The summed E-state index contributed by atoms with van der Waals surface area (Å²) in [4.78, 5) is 41.5. The van der Waals surface area contributed by atoms with Crippen molar-refractivity contribution in [2.75, 3.05) is 11.9 Å². The number of hydrogen-bond donors (Lipinski definition) is 2. The first-order chi connectivity index (χ1) is 15.9. The number of amides is 1. The zero-order chi connectivity index (χ0) is 23.1. The Labute approximate surface area is 196 Å². The number of benzene rings is 1. The third-order valence-electron chi connectivity index (χ3n) is 4.94. The Morgan fingerprint density at radius 3 is 2.94 bits per heavy atom. The van der Waals surface area contributed by atoms with E-state index in [2.05, 4.69) is 30.6 Å². The van der Waals surface area contributed by atoms with E-state index in [0.717, 1.165) is 15.8 Å². The Morgan fingerprint density at radius 1 is 1.27 bits per heavy atom. The number of nitrogens with zero attached hydrogens (tertiary/aromatic N) is 4. The summed E-state index contributed by atoms with van der Waals surface area (Å²) in [6.45, 7) is 3.78. The molecular weight excluding hydrogens is 468 g/mol. The number of aromatic nitrogens is 4. The van der Waals surface area contributed by atoms with Crippen LogP contribution in [0.25, 0.3) is 21.1 Å². The molecule has 3 aromatic heterocycles. The molecule has 12 heteroatoms. The van der Waals surface area contributed by atoms with Gasteiger partial charge in [-0.15, -0.1) is 11.3 Å². The molecule has 0 radical (unpaired) electrons. The Balaban J connectivity index is 1.54. The maximum absolute atomic E-state index is 12.6. The quantitative estimate of drug-likeness (QED) is 0.329. The number of rotatable bonds is 4. The second-order valence-corrected chi connectivity index (χ2v) is 8.82. The van der Waals surface area contributed by atoms with E-state index in [1.54, 1.807) is 0 Å². The highest BCUT2D eigenvalue weighted by atomic mass is 35.5. The lowest BCUT2D eigenvalue weighted by Crippen LogP contribution is -2.34. The maximum Gasteiger partial charge on any atom is 0.302 e. The summed E-state index contributed by atoms with van der Waals surface area (Å²) in [5.41, 5.74) is 2.42. The van der Waals surface area contributed by atoms with Crippen LogP contribution < -0.4 is 15.4 Å². The van der Waals surface area contributed by atoms with E-state index in [0.29, 0.717) is 28.0 Å². The van der Waals surface area contributed by atoms with Crippen LogP contribution in [0.4, 0.5) is 5.69 Å². The Hall–Kier alpha value is -3.57. The molecular formula is C21H17ClN6O4S. The molecule has 1 atom stereocenters. The van der Waals surface area contributed by atoms with Gasteiger partial charge in [0.25, 0.3) is 5.91 Å². The standard InChI is InChI=1S/C21H17ClN6O4S/c1-9-5-23-17-15-13(33-18(17)19(30)26-9)4-3-12-16(15)24-7-14(27-12)32-20-11(8-31-10(2)29)6-25-21(22)28-20/h3-4,6-7,9,23H,5,8H2,1-2H3,(H,26,30)/t9-/m1/s1. The second-order valence-electron chi connectivity index (χ2n) is 7.43. The molecule has 2 N–H and O–H groups in total. The highest BCUT2D eigenvalue weighted by Gasteiger charge is 2.25. The lowest BCUT2D eigenvalue weighted by atomic mass is 10.1. The van der Waals surface area contributed by atoms with Crippen molar-refractivity contribution in [1.82, 2.24) is 25.3 Å². The van der Waals surface area contributed by atoms with Crippen LogP contribution >= 0.6 is 22.9 Å². The zero-order valence-corrected chi connectivity index (χ0v) is 19.1. The van der Waals surface area contributed by atoms with Crippen molar-refractivity contribution in [3.05, 3.63) is 40.3 Å². The molecule has 0 saturated carbocycles. The van der Waals surface area contributed by atoms with Crippen molar-refractivity contribution in [2.45, 2.75) is 26.5 Å². The molecule has 1 aliphatic heterocycles. The first-order valence-electron chi connectivity index (χ1n) is 9.98. The third-order valence-corrected chi connectivity index (χ3v) is 6.27. The number of nitrogens with one attached hydrogen (secondary N) is 2. The van der Waals surface area contributed by atoms with E-state index in [-0.39, 0.29) is 35.6 Å². The lowest BCUT2D eigenvalue weighted by molar-refractivity contribution is -0.142. The van der Waals surface area contributed by atoms with Gasteiger partial charge < -0.3 is 20.1 Å². The van der Waals surface area contributed by atoms with E-state index in [1.807, 2.05) is 19.1 Å². The first-order valence-corrected chi connectivity index (χ1v) is 11.2. The minimum atomic E-state index is -0.447. The monoisotopic (exact) mass is 484 g/mol. The average molecular weight is 485 g/mol. The van der Waals surface area contributed by atoms with Crippen LogP contribution in [0.3, 0.4) is 0 Å². The lowest BCUT2D eigenvalue weighted by Gasteiger charge is -2.11. The average Bonchev–Trinajstić information content (AvgIpc) is 3.09. The zero-order valence-electron chi connectivity index (χ0n) is 17.5. The van der Waals surface area contributed by atoms with E-state index < -0.39 is 5.97 Å². The predicted octanol–water partition coefficient (Wildman–Crippen LogP) is 3.69. The Kier molecular flexibility index (Phi) is 5.43. The summed E-state index contributed by atoms with van der Waals surface area (Å²) in [5.74, 6) is -0.258. The van der Waals surface area contributed by atoms with Crippen molar-refractivity contribution >= 4 is 61.6 Å². The predicted molar refractivity (Wildman–Crippen MR) is 123 cm³/mol. The highest BCUT2D eigenvalue weighted by molar-refractivity contribution is 7.21. The van der Waals surface area contributed by atoms with E-state index in [9.17, 15) is 9.59 Å². The van der Waals surface area contributed by atoms with Crippen LogP contribution in [0.2, 0.25) is 5.28 Å². The molecule has 1 aromatic carbocycles. The highest BCUT2D eigenvalue weighted by Crippen LogP contribution is 2.40. The molecule has 4 heterocycles. The van der Waals surface area contributed by atoms with Crippen molar-refractivity contribution in [3.8, 4) is 11.8 Å². The number of ether oxygens (including phenoxy) is 2. The first kappa shape index (κ1) is 21.3. The molecule has 4 aromatic rings. The van der Waals surface area contributed by atoms with Crippen LogP contribution in [0.5, 0.6) is 11.8 Å². The second kappa shape index (κ2) is 8.41. The number of carbonyl (C=O) groups excluding carboxylic acids is 2. The Bertz CT molecular complexity index is 1430. The van der Waals surface area contributed by atoms with E-state index >= 15 is 0 Å². The summed E-state index contributed by atoms with van der Waals surface area (Å²) < 4.78 is 11.8.